The molecule has 19 heavy (non-hydrogen) atoms. The summed E-state index contributed by atoms with van der Waals surface area (Å²) in [6, 6.07) is 7.25. The van der Waals surface area contributed by atoms with Crippen LogP contribution in [0.1, 0.15) is 26.2 Å². The minimum absolute atomic E-state index is 0.0738. The SMILES string of the molecule is CCC1CCN(CCC(=O)Nc2ccc(N)cc2)C1. The molecular formula is C15H23N3O. The van der Waals surface area contributed by atoms with Crippen molar-refractivity contribution in [2.45, 2.75) is 26.2 Å². The fourth-order valence-corrected chi connectivity index (χ4v) is 2.50. The van der Waals surface area contributed by atoms with Crippen molar-refractivity contribution in [3.05, 3.63) is 24.3 Å². The molecule has 0 radical (unpaired) electrons. The normalized spacial score (nSPS) is 19.5. The molecule has 2 rings (SSSR count). The summed E-state index contributed by atoms with van der Waals surface area (Å²) in [4.78, 5) is 14.2. The van der Waals surface area contributed by atoms with Crippen LogP contribution in [0.4, 0.5) is 11.4 Å². The monoisotopic (exact) mass is 261 g/mol. The van der Waals surface area contributed by atoms with Gasteiger partial charge >= 0.3 is 0 Å². The van der Waals surface area contributed by atoms with Gasteiger partial charge < -0.3 is 16.0 Å². The number of rotatable bonds is 5. The summed E-state index contributed by atoms with van der Waals surface area (Å²) in [6.45, 7) is 5.37. The molecule has 1 aliphatic heterocycles. The van der Waals surface area contributed by atoms with Crippen molar-refractivity contribution in [3.8, 4) is 0 Å². The van der Waals surface area contributed by atoms with Gasteiger partial charge in [-0.15, -0.1) is 0 Å². The average Bonchev–Trinajstić information content (AvgIpc) is 2.87. The van der Waals surface area contributed by atoms with E-state index in [1.54, 1.807) is 12.1 Å². The van der Waals surface area contributed by atoms with E-state index in [2.05, 4.69) is 17.1 Å². The molecule has 0 aromatic heterocycles. The van der Waals surface area contributed by atoms with Gasteiger partial charge in [0, 0.05) is 30.9 Å². The Morgan fingerprint density at radius 2 is 2.16 bits per heavy atom. The fraction of sp³-hybridized carbons (Fsp3) is 0.533. The minimum atomic E-state index is 0.0738. The molecular weight excluding hydrogens is 238 g/mol. The quantitative estimate of drug-likeness (QED) is 0.800. The van der Waals surface area contributed by atoms with Gasteiger partial charge in [0.05, 0.1) is 0 Å². The summed E-state index contributed by atoms with van der Waals surface area (Å²) in [5, 5.41) is 2.90. The number of benzene rings is 1. The van der Waals surface area contributed by atoms with Crippen molar-refractivity contribution in [2.24, 2.45) is 5.92 Å². The maximum atomic E-state index is 11.8. The van der Waals surface area contributed by atoms with E-state index in [0.29, 0.717) is 12.1 Å². The molecule has 104 valence electrons. The predicted octanol–water partition coefficient (Wildman–Crippen LogP) is 2.33. The second-order valence-corrected chi connectivity index (χ2v) is 5.28. The summed E-state index contributed by atoms with van der Waals surface area (Å²) in [6.07, 6.45) is 3.07. The Bertz CT molecular complexity index is 416. The van der Waals surface area contributed by atoms with Crippen molar-refractivity contribution >= 4 is 17.3 Å². The van der Waals surface area contributed by atoms with Gasteiger partial charge in [-0.05, 0) is 43.1 Å². The smallest absolute Gasteiger partial charge is 0.225 e. The highest BCUT2D eigenvalue weighted by Crippen LogP contribution is 2.19. The molecule has 1 aliphatic rings. The number of hydrogen-bond acceptors (Lipinski definition) is 3. The second kappa shape index (κ2) is 6.57. The molecule has 0 spiro atoms. The van der Waals surface area contributed by atoms with Crippen molar-refractivity contribution in [3.63, 3.8) is 0 Å². The average molecular weight is 261 g/mol. The van der Waals surface area contributed by atoms with E-state index in [9.17, 15) is 4.79 Å². The third-order valence-corrected chi connectivity index (χ3v) is 3.80. The minimum Gasteiger partial charge on any atom is -0.399 e. The maximum absolute atomic E-state index is 11.8. The van der Waals surface area contributed by atoms with E-state index >= 15 is 0 Å². The highest BCUT2D eigenvalue weighted by Gasteiger charge is 2.20. The Morgan fingerprint density at radius 1 is 1.42 bits per heavy atom. The second-order valence-electron chi connectivity index (χ2n) is 5.28. The molecule has 1 atom stereocenters. The first kappa shape index (κ1) is 13.9. The lowest BCUT2D eigenvalue weighted by atomic mass is 10.1. The summed E-state index contributed by atoms with van der Waals surface area (Å²) in [7, 11) is 0. The number of nitrogens with one attached hydrogen (secondary N) is 1. The first-order chi connectivity index (χ1) is 9.17. The summed E-state index contributed by atoms with van der Waals surface area (Å²) >= 11 is 0. The van der Waals surface area contributed by atoms with E-state index in [0.717, 1.165) is 31.2 Å². The highest BCUT2D eigenvalue weighted by atomic mass is 16.1. The Morgan fingerprint density at radius 3 is 2.79 bits per heavy atom. The fourth-order valence-electron chi connectivity index (χ4n) is 2.50. The first-order valence-corrected chi connectivity index (χ1v) is 7.05. The van der Waals surface area contributed by atoms with Crippen LogP contribution in [0.2, 0.25) is 0 Å². The Kier molecular flexibility index (Phi) is 4.80. The van der Waals surface area contributed by atoms with Crippen LogP contribution in [0, 0.1) is 5.92 Å². The summed E-state index contributed by atoms with van der Waals surface area (Å²) in [5.74, 6) is 0.893. The van der Waals surface area contributed by atoms with Gasteiger partial charge in [-0.3, -0.25) is 4.79 Å². The Balaban J connectivity index is 1.71. The van der Waals surface area contributed by atoms with Crippen molar-refractivity contribution in [2.75, 3.05) is 30.7 Å². The van der Waals surface area contributed by atoms with Crippen LogP contribution in [-0.4, -0.2) is 30.4 Å². The van der Waals surface area contributed by atoms with E-state index in [-0.39, 0.29) is 5.91 Å². The Hall–Kier alpha value is -1.55. The molecule has 0 bridgehead atoms. The van der Waals surface area contributed by atoms with Gasteiger partial charge in [0.15, 0.2) is 0 Å². The summed E-state index contributed by atoms with van der Waals surface area (Å²) in [5.41, 5.74) is 7.13. The number of amides is 1. The van der Waals surface area contributed by atoms with Gasteiger partial charge in [0.25, 0.3) is 0 Å². The Labute approximate surface area is 115 Å². The van der Waals surface area contributed by atoms with Crippen LogP contribution >= 0.6 is 0 Å². The van der Waals surface area contributed by atoms with Gasteiger partial charge in [-0.25, -0.2) is 0 Å². The van der Waals surface area contributed by atoms with Gasteiger partial charge in [-0.1, -0.05) is 13.3 Å². The predicted molar refractivity (Wildman–Crippen MR) is 78.9 cm³/mol. The molecule has 1 heterocycles. The standard InChI is InChI=1S/C15H23N3O/c1-2-12-7-9-18(11-12)10-8-15(19)17-14-5-3-13(16)4-6-14/h3-6,12H,2,7-11,16H2,1H3,(H,17,19). The van der Waals surface area contributed by atoms with Gasteiger partial charge in [0.1, 0.15) is 0 Å². The number of nitrogen functional groups attached to an aromatic ring is 1. The molecule has 1 aromatic rings. The zero-order valence-electron chi connectivity index (χ0n) is 11.6. The number of nitrogens with two attached hydrogens (primary N) is 1. The lowest BCUT2D eigenvalue weighted by Crippen LogP contribution is -2.26. The van der Waals surface area contributed by atoms with Gasteiger partial charge in [-0.2, -0.15) is 0 Å². The van der Waals surface area contributed by atoms with Crippen LogP contribution in [0.3, 0.4) is 0 Å². The molecule has 4 heteroatoms. The molecule has 1 unspecified atom stereocenters. The van der Waals surface area contributed by atoms with E-state index in [4.69, 9.17) is 5.73 Å². The van der Waals surface area contributed by atoms with Crippen LogP contribution < -0.4 is 11.1 Å². The number of anilines is 2. The lowest BCUT2D eigenvalue weighted by molar-refractivity contribution is -0.116. The molecule has 1 amide bonds. The lowest BCUT2D eigenvalue weighted by Gasteiger charge is -2.15. The maximum Gasteiger partial charge on any atom is 0.225 e. The molecule has 4 nitrogen and oxygen atoms in total. The number of nitrogens with zero attached hydrogens (tertiary/aromatic N) is 1. The van der Waals surface area contributed by atoms with Crippen LogP contribution in [0.15, 0.2) is 24.3 Å². The topological polar surface area (TPSA) is 58.4 Å². The first-order valence-electron chi connectivity index (χ1n) is 7.05. The van der Waals surface area contributed by atoms with Crippen LogP contribution in [0.5, 0.6) is 0 Å². The van der Waals surface area contributed by atoms with E-state index in [1.165, 1.54) is 12.8 Å². The van der Waals surface area contributed by atoms with E-state index < -0.39 is 0 Å². The number of carbonyl (C=O) groups is 1. The number of hydrogen-bond donors (Lipinski definition) is 2. The molecule has 1 aromatic carbocycles. The summed E-state index contributed by atoms with van der Waals surface area (Å²) < 4.78 is 0. The van der Waals surface area contributed by atoms with Gasteiger partial charge in [0.2, 0.25) is 5.91 Å². The number of likely N-dealkylation sites (tertiary alicyclic amines) is 1. The zero-order chi connectivity index (χ0) is 13.7. The molecule has 1 saturated heterocycles. The number of carbonyl (C=O) groups excluding carboxylic acids is 1. The van der Waals surface area contributed by atoms with Crippen LogP contribution in [0.25, 0.3) is 0 Å². The molecule has 0 saturated carbocycles. The van der Waals surface area contributed by atoms with Crippen LogP contribution in [-0.2, 0) is 4.79 Å². The van der Waals surface area contributed by atoms with Crippen molar-refractivity contribution < 1.29 is 4.79 Å². The third kappa shape index (κ3) is 4.24. The third-order valence-electron chi connectivity index (χ3n) is 3.80. The van der Waals surface area contributed by atoms with Crippen molar-refractivity contribution in [1.29, 1.82) is 0 Å². The zero-order valence-corrected chi connectivity index (χ0v) is 11.6. The largest absolute Gasteiger partial charge is 0.399 e. The molecule has 1 fully saturated rings. The van der Waals surface area contributed by atoms with E-state index in [1.807, 2.05) is 12.1 Å². The molecule has 0 aliphatic carbocycles. The molecule has 3 N–H and O–H groups in total. The highest BCUT2D eigenvalue weighted by molar-refractivity contribution is 5.90. The van der Waals surface area contributed by atoms with Crippen molar-refractivity contribution in [1.82, 2.24) is 4.90 Å².